The number of piperazine rings is 1. The second-order valence-electron chi connectivity index (χ2n) is 8.52. The number of likely N-dealkylation sites (N-methyl/N-ethyl adjacent to an activating group) is 1. The van der Waals surface area contributed by atoms with Crippen LogP contribution in [0.1, 0.15) is 36.8 Å². The van der Waals surface area contributed by atoms with Gasteiger partial charge in [-0.25, -0.2) is 0 Å². The number of ether oxygens (including phenoxy) is 2. The third-order valence-corrected chi connectivity index (χ3v) is 6.35. The van der Waals surface area contributed by atoms with E-state index >= 15 is 0 Å². The molecule has 0 radical (unpaired) electrons. The molecule has 4 nitrogen and oxygen atoms in total. The molecule has 0 N–H and O–H groups in total. The van der Waals surface area contributed by atoms with Gasteiger partial charge < -0.3 is 14.4 Å². The first-order valence-electron chi connectivity index (χ1n) is 11.0. The van der Waals surface area contributed by atoms with Crippen molar-refractivity contribution in [2.75, 3.05) is 40.3 Å². The van der Waals surface area contributed by atoms with Crippen molar-refractivity contribution in [3.8, 4) is 16.9 Å². The standard InChI is InChI=1S/C25H34N2O2/c1-26-13-15-27(16-14-26)18-23-12-11-22(17-25(23)28-2)21-9-7-20(8-10-21)19-29-24-5-3-4-6-24/h7-12,17,24H,3-6,13-16,18-19H2,1-2H3. The Morgan fingerprint density at radius 1 is 0.897 bits per heavy atom. The van der Waals surface area contributed by atoms with Gasteiger partial charge in [0.25, 0.3) is 0 Å². The summed E-state index contributed by atoms with van der Waals surface area (Å²) in [6, 6.07) is 15.4. The molecule has 0 unspecified atom stereocenters. The zero-order valence-corrected chi connectivity index (χ0v) is 17.9. The molecule has 0 atom stereocenters. The highest BCUT2D eigenvalue weighted by molar-refractivity contribution is 5.66. The van der Waals surface area contributed by atoms with E-state index in [4.69, 9.17) is 9.47 Å². The number of benzene rings is 2. The first kappa shape index (κ1) is 20.4. The van der Waals surface area contributed by atoms with E-state index in [2.05, 4.69) is 59.3 Å². The Labute approximate surface area is 175 Å². The smallest absolute Gasteiger partial charge is 0.123 e. The molecule has 0 amide bonds. The summed E-state index contributed by atoms with van der Waals surface area (Å²) >= 11 is 0. The predicted octanol–water partition coefficient (Wildman–Crippen LogP) is 4.57. The van der Waals surface area contributed by atoms with Crippen molar-refractivity contribution < 1.29 is 9.47 Å². The third-order valence-electron chi connectivity index (χ3n) is 6.35. The van der Waals surface area contributed by atoms with E-state index < -0.39 is 0 Å². The fraction of sp³-hybridized carbons (Fsp3) is 0.520. The van der Waals surface area contributed by atoms with Crippen LogP contribution in [0.25, 0.3) is 11.1 Å². The van der Waals surface area contributed by atoms with Gasteiger partial charge in [-0.1, -0.05) is 49.2 Å². The molecule has 1 aliphatic carbocycles. The summed E-state index contributed by atoms with van der Waals surface area (Å²) in [4.78, 5) is 4.90. The van der Waals surface area contributed by atoms with Crippen LogP contribution >= 0.6 is 0 Å². The average molecular weight is 395 g/mol. The number of hydrogen-bond acceptors (Lipinski definition) is 4. The molecule has 4 heteroatoms. The Kier molecular flexibility index (Phi) is 6.86. The van der Waals surface area contributed by atoms with Gasteiger partial charge >= 0.3 is 0 Å². The monoisotopic (exact) mass is 394 g/mol. The summed E-state index contributed by atoms with van der Waals surface area (Å²) in [6.07, 6.45) is 5.54. The van der Waals surface area contributed by atoms with Crippen LogP contribution in [-0.4, -0.2) is 56.2 Å². The van der Waals surface area contributed by atoms with Crippen LogP contribution in [0.2, 0.25) is 0 Å². The summed E-state index contributed by atoms with van der Waals surface area (Å²) in [6.45, 7) is 6.18. The molecule has 2 aliphatic rings. The van der Waals surface area contributed by atoms with E-state index in [1.54, 1.807) is 7.11 Å². The number of hydrogen-bond donors (Lipinski definition) is 0. The van der Waals surface area contributed by atoms with E-state index in [1.165, 1.54) is 47.9 Å². The lowest BCUT2D eigenvalue weighted by molar-refractivity contribution is 0.0457. The maximum atomic E-state index is 6.04. The first-order valence-corrected chi connectivity index (χ1v) is 11.0. The van der Waals surface area contributed by atoms with Crippen molar-refractivity contribution in [1.29, 1.82) is 0 Å². The molecule has 29 heavy (non-hydrogen) atoms. The molecule has 4 rings (SSSR count). The zero-order chi connectivity index (χ0) is 20.1. The SMILES string of the molecule is COc1cc(-c2ccc(COC3CCCC3)cc2)ccc1CN1CCN(C)CC1. The molecule has 1 aliphatic heterocycles. The predicted molar refractivity (Wildman–Crippen MR) is 118 cm³/mol. The van der Waals surface area contributed by atoms with Crippen LogP contribution in [0.3, 0.4) is 0 Å². The van der Waals surface area contributed by atoms with Gasteiger partial charge in [0.15, 0.2) is 0 Å². The van der Waals surface area contributed by atoms with Crippen LogP contribution in [-0.2, 0) is 17.9 Å². The molecule has 0 bridgehead atoms. The average Bonchev–Trinajstić information content (AvgIpc) is 3.28. The quantitative estimate of drug-likeness (QED) is 0.687. The third kappa shape index (κ3) is 5.39. The minimum atomic E-state index is 0.465. The zero-order valence-electron chi connectivity index (χ0n) is 17.9. The van der Waals surface area contributed by atoms with Crippen LogP contribution in [0.4, 0.5) is 0 Å². The van der Waals surface area contributed by atoms with Crippen LogP contribution < -0.4 is 4.74 Å². The highest BCUT2D eigenvalue weighted by Crippen LogP contribution is 2.29. The molecule has 2 aromatic carbocycles. The molecule has 1 heterocycles. The highest BCUT2D eigenvalue weighted by Gasteiger charge is 2.17. The summed E-state index contributed by atoms with van der Waals surface area (Å²) in [5.74, 6) is 0.982. The van der Waals surface area contributed by atoms with Gasteiger partial charge in [0, 0.05) is 38.3 Å². The Morgan fingerprint density at radius 2 is 1.59 bits per heavy atom. The fourth-order valence-corrected chi connectivity index (χ4v) is 4.36. The molecule has 156 valence electrons. The molecular formula is C25H34N2O2. The number of nitrogens with zero attached hydrogens (tertiary/aromatic N) is 2. The van der Waals surface area contributed by atoms with Gasteiger partial charge in [0.1, 0.15) is 5.75 Å². The molecule has 2 fully saturated rings. The largest absolute Gasteiger partial charge is 0.496 e. The van der Waals surface area contributed by atoms with Gasteiger partial charge in [0.2, 0.25) is 0 Å². The van der Waals surface area contributed by atoms with Crippen LogP contribution in [0.15, 0.2) is 42.5 Å². The van der Waals surface area contributed by atoms with E-state index in [0.717, 1.165) is 45.1 Å². The summed E-state index contributed by atoms with van der Waals surface area (Å²) in [7, 11) is 3.97. The van der Waals surface area contributed by atoms with Crippen molar-refractivity contribution >= 4 is 0 Å². The second kappa shape index (κ2) is 9.75. The van der Waals surface area contributed by atoms with E-state index in [-0.39, 0.29) is 0 Å². The molecule has 1 saturated heterocycles. The van der Waals surface area contributed by atoms with Crippen molar-refractivity contribution in [2.24, 2.45) is 0 Å². The van der Waals surface area contributed by atoms with Crippen molar-refractivity contribution in [2.45, 2.75) is 44.9 Å². The van der Waals surface area contributed by atoms with E-state index in [9.17, 15) is 0 Å². The minimum Gasteiger partial charge on any atom is -0.496 e. The van der Waals surface area contributed by atoms with Gasteiger partial charge in [-0.15, -0.1) is 0 Å². The Balaban J connectivity index is 1.40. The lowest BCUT2D eigenvalue weighted by Crippen LogP contribution is -2.43. The summed E-state index contributed by atoms with van der Waals surface area (Å²) in [5, 5.41) is 0. The van der Waals surface area contributed by atoms with Crippen LogP contribution in [0.5, 0.6) is 5.75 Å². The molecule has 1 saturated carbocycles. The van der Waals surface area contributed by atoms with Gasteiger partial charge in [-0.05, 0) is 42.6 Å². The Hall–Kier alpha value is -1.88. The van der Waals surface area contributed by atoms with E-state index in [1.807, 2.05) is 0 Å². The minimum absolute atomic E-state index is 0.465. The molecule has 2 aromatic rings. The maximum Gasteiger partial charge on any atom is 0.123 e. The topological polar surface area (TPSA) is 24.9 Å². The summed E-state index contributed by atoms with van der Waals surface area (Å²) in [5.41, 5.74) is 4.94. The highest BCUT2D eigenvalue weighted by atomic mass is 16.5. The van der Waals surface area contributed by atoms with Crippen LogP contribution in [0, 0.1) is 0 Å². The fourth-order valence-electron chi connectivity index (χ4n) is 4.36. The van der Waals surface area contributed by atoms with Crippen molar-refractivity contribution in [3.63, 3.8) is 0 Å². The maximum absolute atomic E-state index is 6.04. The normalized spacial score (nSPS) is 19.0. The number of rotatable bonds is 7. The molecular weight excluding hydrogens is 360 g/mol. The van der Waals surface area contributed by atoms with Crippen molar-refractivity contribution in [3.05, 3.63) is 53.6 Å². The first-order chi connectivity index (χ1) is 14.2. The molecule has 0 spiro atoms. The molecule has 0 aromatic heterocycles. The Morgan fingerprint density at radius 3 is 2.28 bits per heavy atom. The summed E-state index contributed by atoms with van der Waals surface area (Å²) < 4.78 is 11.8. The number of methoxy groups -OCH3 is 1. The Bertz CT molecular complexity index is 776. The lowest BCUT2D eigenvalue weighted by Gasteiger charge is -2.32. The van der Waals surface area contributed by atoms with E-state index in [0.29, 0.717) is 6.10 Å². The van der Waals surface area contributed by atoms with Gasteiger partial charge in [0.05, 0.1) is 19.8 Å². The van der Waals surface area contributed by atoms with Gasteiger partial charge in [-0.2, -0.15) is 0 Å². The van der Waals surface area contributed by atoms with Crippen molar-refractivity contribution in [1.82, 2.24) is 9.80 Å². The van der Waals surface area contributed by atoms with Gasteiger partial charge in [-0.3, -0.25) is 4.90 Å². The lowest BCUT2D eigenvalue weighted by atomic mass is 10.0. The second-order valence-corrected chi connectivity index (χ2v) is 8.52.